The molecule has 9 heterocycles. The Morgan fingerprint density at radius 2 is 0.778 bits per heavy atom. The van der Waals surface area contributed by atoms with E-state index in [0.717, 1.165) is 59.0 Å². The molecular formula is C45H30O3S6. The van der Waals surface area contributed by atoms with E-state index in [1.54, 1.807) is 56.7 Å². The van der Waals surface area contributed by atoms with Gasteiger partial charge in [-0.05, 0) is 101 Å². The maximum atomic E-state index is 6.68. The molecule has 264 valence electrons. The summed E-state index contributed by atoms with van der Waals surface area (Å²) >= 11 is 10.7. The van der Waals surface area contributed by atoms with E-state index in [2.05, 4.69) is 137 Å². The van der Waals surface area contributed by atoms with Crippen molar-refractivity contribution in [1.82, 2.24) is 0 Å². The lowest BCUT2D eigenvalue weighted by molar-refractivity contribution is 0.107. The van der Waals surface area contributed by atoms with E-state index < -0.39 is 5.60 Å². The van der Waals surface area contributed by atoms with Crippen LogP contribution in [0.15, 0.2) is 71.4 Å². The molecule has 0 fully saturated rings. The van der Waals surface area contributed by atoms with Gasteiger partial charge >= 0.3 is 0 Å². The third-order valence-corrected chi connectivity index (χ3v) is 17.3. The highest BCUT2D eigenvalue weighted by Crippen LogP contribution is 2.57. The molecule has 11 rings (SSSR count). The molecular weight excluding hydrogens is 781 g/mol. The van der Waals surface area contributed by atoms with Gasteiger partial charge < -0.3 is 14.2 Å². The van der Waals surface area contributed by atoms with Gasteiger partial charge in [0.1, 0.15) is 34.1 Å². The molecule has 54 heavy (non-hydrogen) atoms. The average molecular weight is 811 g/mol. The second-order valence-corrected chi connectivity index (χ2v) is 21.3. The highest BCUT2D eigenvalue weighted by atomic mass is 32.1. The summed E-state index contributed by atoms with van der Waals surface area (Å²) in [6.07, 6.45) is 0. The van der Waals surface area contributed by atoms with Crippen molar-refractivity contribution in [2.45, 2.75) is 58.3 Å². The molecule has 2 aromatic carbocycles. The first-order valence-electron chi connectivity index (χ1n) is 17.6. The molecule has 0 radical (unpaired) electrons. The summed E-state index contributed by atoms with van der Waals surface area (Å²) in [5.74, 6) is 2.85. The van der Waals surface area contributed by atoms with Crippen LogP contribution in [0.2, 0.25) is 0 Å². The van der Waals surface area contributed by atoms with Crippen molar-refractivity contribution in [1.29, 1.82) is 0 Å². The maximum Gasteiger partial charge on any atom is 0.140 e. The van der Waals surface area contributed by atoms with Gasteiger partial charge in [0.25, 0.3) is 0 Å². The summed E-state index contributed by atoms with van der Waals surface area (Å²) in [7, 11) is 0. The van der Waals surface area contributed by atoms with E-state index in [-0.39, 0.29) is 11.2 Å². The minimum Gasteiger partial charge on any atom is -0.482 e. The van der Waals surface area contributed by atoms with E-state index in [1.807, 2.05) is 11.3 Å². The van der Waals surface area contributed by atoms with Crippen molar-refractivity contribution in [2.24, 2.45) is 0 Å². The van der Waals surface area contributed by atoms with Crippen LogP contribution in [0, 0.1) is 24.3 Å². The fourth-order valence-electron chi connectivity index (χ4n) is 7.60. The van der Waals surface area contributed by atoms with Crippen LogP contribution >= 0.6 is 68.0 Å². The summed E-state index contributed by atoms with van der Waals surface area (Å²) in [5.41, 5.74) is 6.63. The number of hydrogen-bond donors (Lipinski definition) is 0. The lowest BCUT2D eigenvalue weighted by Crippen LogP contribution is -2.27. The fraction of sp³-hybridized carbons (Fsp3) is 0.200. The van der Waals surface area contributed by atoms with Gasteiger partial charge in [-0.3, -0.25) is 0 Å². The normalized spacial score (nSPS) is 16.2. The van der Waals surface area contributed by atoms with Crippen LogP contribution in [0.3, 0.4) is 0 Å². The SMILES string of the molecule is CC1(C)Oc2cc(-c3c#cc(-c4cc5c(s4)-c4sc(-c6c#cc(-c7cc8c(s7)-c7sccc7OC8(C)C)cc6)cc4OC5(C)C)cc3)sc2-c2sccc21. The van der Waals surface area contributed by atoms with Crippen molar-refractivity contribution in [3.05, 3.63) is 112 Å². The molecule has 9 heteroatoms. The predicted octanol–water partition coefficient (Wildman–Crippen LogP) is 14.8. The number of rotatable bonds is 4. The quantitative estimate of drug-likeness (QED) is 0.177. The minimum atomic E-state index is -0.471. The molecule has 0 N–H and O–H groups in total. The second kappa shape index (κ2) is 11.4. The van der Waals surface area contributed by atoms with Crippen molar-refractivity contribution >= 4 is 68.0 Å². The molecule has 3 aliphatic rings. The molecule has 0 saturated heterocycles. The van der Waals surface area contributed by atoms with Gasteiger partial charge in [0.15, 0.2) is 0 Å². The van der Waals surface area contributed by atoms with E-state index in [0.29, 0.717) is 0 Å². The molecule has 3 nitrogen and oxygen atoms in total. The first kappa shape index (κ1) is 33.1. The lowest BCUT2D eigenvalue weighted by atomic mass is 9.94. The molecule has 0 spiro atoms. The first-order chi connectivity index (χ1) is 25.9. The van der Waals surface area contributed by atoms with Crippen molar-refractivity contribution in [3.63, 3.8) is 0 Å². The molecule has 0 amide bonds. The van der Waals surface area contributed by atoms with Gasteiger partial charge in [0, 0.05) is 70.6 Å². The Balaban J connectivity index is 0.882. The summed E-state index contributed by atoms with van der Waals surface area (Å²) < 4.78 is 19.5. The monoisotopic (exact) mass is 810 g/mol. The maximum absolute atomic E-state index is 6.68. The van der Waals surface area contributed by atoms with E-state index in [9.17, 15) is 0 Å². The standard InChI is InChI=1S/C45H30O3S6/c1-43(2)27-15-17-49-37(27)41-31(47-43)21-35(53-41)25-11-9-24(10-12-25)34-20-29-39(52-34)42-32(48-45(29,5)6)22-36(54-42)26-13-7-23(8-14-26)33-19-28-38(51-33)40-30(16-18-50-40)46-44(28,3)4/h7,9,11,13,15-22H,1-6H3. The fourth-order valence-corrected chi connectivity index (χ4v) is 14.7. The largest absolute Gasteiger partial charge is 0.482 e. The van der Waals surface area contributed by atoms with E-state index in [1.165, 1.54) is 46.0 Å². The second-order valence-electron chi connectivity index (χ2n) is 15.3. The molecule has 0 saturated carbocycles. The van der Waals surface area contributed by atoms with Gasteiger partial charge in [0.05, 0.1) is 29.3 Å². The van der Waals surface area contributed by atoms with Crippen LogP contribution in [0.1, 0.15) is 58.2 Å². The Labute approximate surface area is 338 Å². The Morgan fingerprint density at radius 1 is 0.389 bits per heavy atom. The molecule has 3 aliphatic heterocycles. The van der Waals surface area contributed by atoms with Crippen LogP contribution in [0.4, 0.5) is 0 Å². The van der Waals surface area contributed by atoms with E-state index in [4.69, 9.17) is 14.2 Å². The van der Waals surface area contributed by atoms with Crippen molar-refractivity contribution in [2.75, 3.05) is 0 Å². The number of hydrogen-bond acceptors (Lipinski definition) is 9. The van der Waals surface area contributed by atoms with Crippen LogP contribution in [0.25, 0.3) is 71.0 Å². The van der Waals surface area contributed by atoms with Crippen molar-refractivity contribution in [3.8, 4) is 88.3 Å². The lowest BCUT2D eigenvalue weighted by Gasteiger charge is -2.31. The highest BCUT2D eigenvalue weighted by Gasteiger charge is 2.38. The molecule has 0 aliphatic carbocycles. The first-order valence-corrected chi connectivity index (χ1v) is 22.6. The molecule has 0 atom stereocenters. The van der Waals surface area contributed by atoms with Crippen LogP contribution < -0.4 is 14.2 Å². The third-order valence-electron chi connectivity index (χ3n) is 10.4. The summed E-state index contributed by atoms with van der Waals surface area (Å²) in [6, 6.07) is 35.8. The summed E-state index contributed by atoms with van der Waals surface area (Å²) in [5, 5.41) is 4.27. The van der Waals surface area contributed by atoms with Gasteiger partial charge in [0.2, 0.25) is 0 Å². The summed E-state index contributed by atoms with van der Waals surface area (Å²) in [4.78, 5) is 12.0. The van der Waals surface area contributed by atoms with Crippen molar-refractivity contribution < 1.29 is 14.2 Å². The van der Waals surface area contributed by atoms with Crippen LogP contribution in [-0.2, 0) is 16.8 Å². The molecule has 0 bridgehead atoms. The molecule has 8 aromatic rings. The van der Waals surface area contributed by atoms with Gasteiger partial charge in [-0.1, -0.05) is 24.3 Å². The zero-order valence-corrected chi connectivity index (χ0v) is 35.0. The highest BCUT2D eigenvalue weighted by molar-refractivity contribution is 7.26. The number of ether oxygens (including phenoxy) is 3. The van der Waals surface area contributed by atoms with Gasteiger partial charge in [-0.25, -0.2) is 0 Å². The van der Waals surface area contributed by atoms with Crippen LogP contribution in [-0.4, -0.2) is 0 Å². The van der Waals surface area contributed by atoms with Gasteiger partial charge in [-0.2, -0.15) is 0 Å². The summed E-state index contributed by atoms with van der Waals surface area (Å²) in [6.45, 7) is 12.9. The third kappa shape index (κ3) is 4.96. The van der Waals surface area contributed by atoms with E-state index >= 15 is 0 Å². The zero-order valence-electron chi connectivity index (χ0n) is 30.1. The Hall–Kier alpha value is -4.32. The molecule has 6 aromatic heterocycles. The predicted molar refractivity (Wildman–Crippen MR) is 228 cm³/mol. The Bertz CT molecular complexity index is 2770. The smallest absolute Gasteiger partial charge is 0.140 e. The average Bonchev–Trinajstić information content (AvgIpc) is 3.97. The minimum absolute atomic E-state index is 0.339. The van der Waals surface area contributed by atoms with Gasteiger partial charge in [-0.15, -0.1) is 68.0 Å². The topological polar surface area (TPSA) is 27.7 Å². The Kier molecular flexibility index (Phi) is 6.96. The van der Waals surface area contributed by atoms with Crippen LogP contribution in [0.5, 0.6) is 17.2 Å². The number of fused-ring (bicyclic) bond motifs is 9. The number of thiophene rings is 6. The molecule has 0 unspecified atom stereocenters. The Morgan fingerprint density at radius 3 is 1.30 bits per heavy atom. The zero-order chi connectivity index (χ0) is 36.7.